The maximum atomic E-state index is 7.44. The SMILES string of the molecule is Cc1cc(C(C)(C)C)cc(C)c1N1c2cc(C(C)(C)C)cc3c2B(c2ccc(-c4coc5ccccc45)cc2N3c2ccc(C(C)(C)C)cc2-c2ccccc2)c2oc3ccc(C(C)(C)C)cc3c21. The van der Waals surface area contributed by atoms with E-state index in [1.165, 1.54) is 66.8 Å². The lowest BCUT2D eigenvalue weighted by atomic mass is 9.35. The lowest BCUT2D eigenvalue weighted by Gasteiger charge is -2.44. The molecule has 0 saturated carbocycles. The number of rotatable bonds is 4. The molecule has 0 unspecified atom stereocenters. The molecule has 346 valence electrons. The number of aryl methyl sites for hydroxylation is 2. The van der Waals surface area contributed by atoms with Crippen LogP contribution in [0.15, 0.2) is 149 Å². The molecule has 0 spiro atoms. The minimum Gasteiger partial charge on any atom is -0.468 e. The highest BCUT2D eigenvalue weighted by Crippen LogP contribution is 2.52. The van der Waals surface area contributed by atoms with Crippen molar-refractivity contribution in [3.63, 3.8) is 0 Å². The van der Waals surface area contributed by atoms with Gasteiger partial charge in [-0.25, -0.2) is 0 Å². The molecule has 9 aromatic rings. The van der Waals surface area contributed by atoms with E-state index in [1.807, 2.05) is 12.3 Å². The molecule has 0 N–H and O–H groups in total. The molecule has 0 saturated heterocycles. The summed E-state index contributed by atoms with van der Waals surface area (Å²) in [5, 5.41) is 2.24. The first-order chi connectivity index (χ1) is 32.6. The van der Waals surface area contributed by atoms with Gasteiger partial charge in [-0.15, -0.1) is 0 Å². The first-order valence-electron chi connectivity index (χ1n) is 24.9. The first-order valence-corrected chi connectivity index (χ1v) is 24.9. The van der Waals surface area contributed by atoms with Crippen LogP contribution in [0.2, 0.25) is 0 Å². The van der Waals surface area contributed by atoms with E-state index < -0.39 is 0 Å². The third-order valence-corrected chi connectivity index (χ3v) is 15.0. The molecule has 5 heteroatoms. The maximum absolute atomic E-state index is 7.44. The van der Waals surface area contributed by atoms with Crippen molar-refractivity contribution in [2.45, 2.75) is 119 Å². The number of anilines is 6. The minimum atomic E-state index is -0.203. The van der Waals surface area contributed by atoms with Crippen LogP contribution in [0.1, 0.15) is 116 Å². The Labute approximate surface area is 410 Å². The van der Waals surface area contributed by atoms with Crippen molar-refractivity contribution < 1.29 is 8.83 Å². The molecule has 2 aromatic heterocycles. The lowest BCUT2D eigenvalue weighted by Crippen LogP contribution is -2.61. The molecule has 2 aliphatic heterocycles. The average Bonchev–Trinajstić information content (AvgIpc) is 3.90. The molecule has 11 rings (SSSR count). The van der Waals surface area contributed by atoms with Gasteiger partial charge in [-0.2, -0.15) is 0 Å². The number of fused-ring (bicyclic) bond motifs is 7. The summed E-state index contributed by atoms with van der Waals surface area (Å²) < 4.78 is 13.7. The van der Waals surface area contributed by atoms with Crippen molar-refractivity contribution in [3.8, 4) is 22.3 Å². The highest BCUT2D eigenvalue weighted by molar-refractivity contribution is 7.00. The maximum Gasteiger partial charge on any atom is 0.297 e. The molecule has 0 fully saturated rings. The third kappa shape index (κ3) is 7.26. The molecule has 0 radical (unpaired) electrons. The van der Waals surface area contributed by atoms with E-state index in [1.54, 1.807) is 0 Å². The Hall–Kier alpha value is -6.72. The fourth-order valence-electron chi connectivity index (χ4n) is 11.0. The summed E-state index contributed by atoms with van der Waals surface area (Å²) in [6.07, 6.45) is 1.93. The summed E-state index contributed by atoms with van der Waals surface area (Å²) in [7, 11) is 0. The highest BCUT2D eigenvalue weighted by Gasteiger charge is 2.48. The Morgan fingerprint density at radius 3 is 1.68 bits per heavy atom. The van der Waals surface area contributed by atoms with Crippen LogP contribution in [-0.4, -0.2) is 6.71 Å². The zero-order valence-electron chi connectivity index (χ0n) is 43.1. The standard InChI is InChI=1S/C64H65BN2O2/c1-38-30-44(63(9,10)11)31-39(2)58(38)67-54-36-45(64(12,13)14)35-53-57(54)65(60-59(67)48-34-43(62(6,7)8)26-29-56(48)69-60)50-27-24-41(49-37-68-55-23-19-18-22-46(49)55)32-52(50)66(53)51-28-25-42(61(3,4)5)33-47(51)40-20-16-15-17-21-40/h15-37H,1-14H3. The van der Waals surface area contributed by atoms with E-state index in [-0.39, 0.29) is 28.4 Å². The first kappa shape index (κ1) is 44.8. The summed E-state index contributed by atoms with van der Waals surface area (Å²) >= 11 is 0. The van der Waals surface area contributed by atoms with Crippen molar-refractivity contribution in [1.82, 2.24) is 0 Å². The average molecular weight is 905 g/mol. The summed E-state index contributed by atoms with van der Waals surface area (Å²) in [6.45, 7) is 32.3. The molecular weight excluding hydrogens is 840 g/mol. The molecule has 0 bridgehead atoms. The zero-order valence-corrected chi connectivity index (χ0v) is 43.1. The predicted octanol–water partition coefficient (Wildman–Crippen LogP) is 16.4. The fourth-order valence-corrected chi connectivity index (χ4v) is 11.0. The summed E-state index contributed by atoms with van der Waals surface area (Å²) in [6, 6.07) is 50.3. The summed E-state index contributed by atoms with van der Waals surface area (Å²) in [5.74, 6) is 0. The number of benzene rings is 7. The van der Waals surface area contributed by atoms with Gasteiger partial charge in [0.2, 0.25) is 0 Å². The topological polar surface area (TPSA) is 32.8 Å². The molecule has 0 amide bonds. The van der Waals surface area contributed by atoms with Crippen molar-refractivity contribution in [3.05, 3.63) is 173 Å². The normalized spacial score (nSPS) is 13.9. The van der Waals surface area contributed by atoms with Crippen LogP contribution in [-0.2, 0) is 21.7 Å². The second kappa shape index (κ2) is 15.4. The molecule has 4 nitrogen and oxygen atoms in total. The summed E-state index contributed by atoms with van der Waals surface area (Å²) in [4.78, 5) is 5.19. The van der Waals surface area contributed by atoms with Gasteiger partial charge in [-0.05, 0) is 139 Å². The predicted molar refractivity (Wildman–Crippen MR) is 295 cm³/mol. The quantitative estimate of drug-likeness (QED) is 0.165. The zero-order chi connectivity index (χ0) is 48.7. The Bertz CT molecular complexity index is 3500. The van der Waals surface area contributed by atoms with E-state index in [4.69, 9.17) is 8.83 Å². The second-order valence-corrected chi connectivity index (χ2v) is 24.0. The number of nitrogens with zero attached hydrogens (tertiary/aromatic N) is 2. The van der Waals surface area contributed by atoms with Gasteiger partial charge in [0.1, 0.15) is 11.2 Å². The molecular formula is C64H65BN2O2. The van der Waals surface area contributed by atoms with Gasteiger partial charge in [0, 0.05) is 39.0 Å². The van der Waals surface area contributed by atoms with Gasteiger partial charge in [-0.3, -0.25) is 0 Å². The van der Waals surface area contributed by atoms with Crippen LogP contribution in [0, 0.1) is 13.8 Å². The van der Waals surface area contributed by atoms with Crippen molar-refractivity contribution in [2.24, 2.45) is 0 Å². The smallest absolute Gasteiger partial charge is 0.297 e. The molecule has 69 heavy (non-hydrogen) atoms. The number of hydrogen-bond donors (Lipinski definition) is 0. The highest BCUT2D eigenvalue weighted by atomic mass is 16.3. The van der Waals surface area contributed by atoms with Gasteiger partial charge in [0.05, 0.1) is 29.0 Å². The monoisotopic (exact) mass is 905 g/mol. The molecule has 2 aliphatic rings. The molecule has 4 heterocycles. The van der Waals surface area contributed by atoms with Crippen molar-refractivity contribution >= 4 is 79.4 Å². The summed E-state index contributed by atoms with van der Waals surface area (Å²) in [5.41, 5.74) is 24.1. The van der Waals surface area contributed by atoms with E-state index in [9.17, 15) is 0 Å². The van der Waals surface area contributed by atoms with Gasteiger partial charge in [-0.1, -0.05) is 168 Å². The van der Waals surface area contributed by atoms with E-state index in [0.717, 1.165) is 61.5 Å². The van der Waals surface area contributed by atoms with Crippen LogP contribution in [0.25, 0.3) is 44.2 Å². The van der Waals surface area contributed by atoms with E-state index in [2.05, 4.69) is 234 Å². The largest absolute Gasteiger partial charge is 0.468 e. The van der Waals surface area contributed by atoms with E-state index in [0.29, 0.717) is 0 Å². The van der Waals surface area contributed by atoms with Crippen LogP contribution in [0.4, 0.5) is 34.1 Å². The molecule has 0 aliphatic carbocycles. The minimum absolute atomic E-state index is 0.00766. The van der Waals surface area contributed by atoms with Crippen molar-refractivity contribution in [2.75, 3.05) is 9.80 Å². The van der Waals surface area contributed by atoms with Crippen LogP contribution in [0.5, 0.6) is 0 Å². The van der Waals surface area contributed by atoms with Gasteiger partial charge in [0.15, 0.2) is 0 Å². The Morgan fingerprint density at radius 1 is 0.420 bits per heavy atom. The lowest BCUT2D eigenvalue weighted by molar-refractivity contribution is 0.589. The van der Waals surface area contributed by atoms with E-state index >= 15 is 0 Å². The number of furan rings is 2. The van der Waals surface area contributed by atoms with Gasteiger partial charge in [0.25, 0.3) is 6.71 Å². The number of hydrogen-bond acceptors (Lipinski definition) is 4. The third-order valence-electron chi connectivity index (χ3n) is 15.0. The van der Waals surface area contributed by atoms with Crippen LogP contribution < -0.4 is 26.4 Å². The second-order valence-electron chi connectivity index (χ2n) is 24.0. The van der Waals surface area contributed by atoms with Crippen LogP contribution in [0.3, 0.4) is 0 Å². The molecule has 0 atom stereocenters. The Kier molecular flexibility index (Phi) is 9.99. The van der Waals surface area contributed by atoms with Gasteiger partial charge >= 0.3 is 0 Å². The van der Waals surface area contributed by atoms with Crippen molar-refractivity contribution in [1.29, 1.82) is 0 Å². The van der Waals surface area contributed by atoms with Gasteiger partial charge < -0.3 is 18.6 Å². The Morgan fingerprint density at radius 2 is 1.01 bits per heavy atom. The van der Waals surface area contributed by atoms with Crippen LogP contribution >= 0.6 is 0 Å². The number of para-hydroxylation sites is 1. The molecule has 7 aromatic carbocycles. The Balaban J connectivity index is 1.30. The fraction of sp³-hybridized carbons (Fsp3) is 0.281.